The number of hydrogen-bond donors (Lipinski definition) is 3. The van der Waals surface area contributed by atoms with Gasteiger partial charge in [-0.2, -0.15) is 0 Å². The van der Waals surface area contributed by atoms with Gasteiger partial charge < -0.3 is 15.7 Å². The Hall–Kier alpha value is -0.610. The molecule has 0 spiro atoms. The third kappa shape index (κ3) is 6.80. The molecule has 0 rings (SSSR count). The molecule has 0 saturated heterocycles. The molecule has 0 radical (unpaired) electrons. The average molecular weight is 230 g/mol. The predicted octanol–water partition coefficient (Wildman–Crippen LogP) is 0.899. The molecule has 4 nitrogen and oxygen atoms in total. The lowest BCUT2D eigenvalue weighted by Crippen LogP contribution is -2.45. The maximum absolute atomic E-state index is 11.6. The molecule has 0 bridgehead atoms. The minimum absolute atomic E-state index is 0.0219. The van der Waals surface area contributed by atoms with E-state index in [1.165, 1.54) is 0 Å². The smallest absolute Gasteiger partial charge is 0.236 e. The summed E-state index contributed by atoms with van der Waals surface area (Å²) in [7, 11) is 0. The monoisotopic (exact) mass is 230 g/mol. The van der Waals surface area contributed by atoms with Crippen LogP contribution < -0.4 is 10.6 Å². The van der Waals surface area contributed by atoms with Crippen molar-refractivity contribution in [3.8, 4) is 0 Å². The van der Waals surface area contributed by atoms with Gasteiger partial charge in [-0.3, -0.25) is 4.79 Å². The Kier molecular flexibility index (Phi) is 7.34. The molecular weight excluding hydrogens is 204 g/mol. The van der Waals surface area contributed by atoms with Gasteiger partial charge in [0.25, 0.3) is 0 Å². The van der Waals surface area contributed by atoms with Crippen LogP contribution in [0.5, 0.6) is 0 Å². The molecular formula is C12H26N2O2. The first-order valence-electron chi connectivity index (χ1n) is 6.05. The van der Waals surface area contributed by atoms with Crippen molar-refractivity contribution in [2.75, 3.05) is 19.7 Å². The Labute approximate surface area is 98.8 Å². The molecule has 1 amide bonds. The summed E-state index contributed by atoms with van der Waals surface area (Å²) in [5, 5.41) is 14.9. The first-order chi connectivity index (χ1) is 7.43. The van der Waals surface area contributed by atoms with Gasteiger partial charge in [-0.25, -0.2) is 0 Å². The molecule has 0 aliphatic heterocycles. The molecule has 0 fully saturated rings. The SMILES string of the molecule is CCCNC(=O)C(C)NCC(C)(C)CCO. The van der Waals surface area contributed by atoms with Gasteiger partial charge in [0.05, 0.1) is 6.04 Å². The molecule has 1 unspecified atom stereocenters. The van der Waals surface area contributed by atoms with Gasteiger partial charge in [-0.05, 0) is 25.2 Å². The third-order valence-electron chi connectivity index (χ3n) is 2.62. The average Bonchev–Trinajstić information content (AvgIpc) is 2.22. The summed E-state index contributed by atoms with van der Waals surface area (Å²) in [6.45, 7) is 9.69. The Bertz CT molecular complexity index is 205. The van der Waals surface area contributed by atoms with Crippen molar-refractivity contribution in [2.45, 2.75) is 46.6 Å². The van der Waals surface area contributed by atoms with Gasteiger partial charge in [0.2, 0.25) is 5.91 Å². The highest BCUT2D eigenvalue weighted by Gasteiger charge is 2.19. The van der Waals surface area contributed by atoms with Gasteiger partial charge in [0.1, 0.15) is 0 Å². The maximum Gasteiger partial charge on any atom is 0.236 e. The zero-order chi connectivity index (χ0) is 12.6. The molecule has 0 aromatic carbocycles. The van der Waals surface area contributed by atoms with Crippen LogP contribution in [-0.2, 0) is 4.79 Å². The molecule has 0 aromatic rings. The Morgan fingerprint density at radius 2 is 2.06 bits per heavy atom. The van der Waals surface area contributed by atoms with Gasteiger partial charge in [-0.1, -0.05) is 20.8 Å². The van der Waals surface area contributed by atoms with Crippen molar-refractivity contribution in [3.05, 3.63) is 0 Å². The second-order valence-electron chi connectivity index (χ2n) is 5.03. The summed E-state index contributed by atoms with van der Waals surface area (Å²) in [4.78, 5) is 11.6. The molecule has 0 aliphatic rings. The Balaban J connectivity index is 3.87. The fraction of sp³-hybridized carbons (Fsp3) is 0.917. The summed E-state index contributed by atoms with van der Waals surface area (Å²) in [5.41, 5.74) is 0.0219. The highest BCUT2D eigenvalue weighted by Crippen LogP contribution is 2.18. The number of aliphatic hydroxyl groups excluding tert-OH is 1. The van der Waals surface area contributed by atoms with Crippen LogP contribution in [-0.4, -0.2) is 36.8 Å². The van der Waals surface area contributed by atoms with Crippen LogP contribution >= 0.6 is 0 Å². The molecule has 4 heteroatoms. The van der Waals surface area contributed by atoms with E-state index in [2.05, 4.69) is 24.5 Å². The first kappa shape index (κ1) is 15.4. The second-order valence-corrected chi connectivity index (χ2v) is 5.03. The van der Waals surface area contributed by atoms with E-state index in [0.29, 0.717) is 0 Å². The summed E-state index contributed by atoms with van der Waals surface area (Å²) in [5.74, 6) is 0.0432. The summed E-state index contributed by atoms with van der Waals surface area (Å²) in [6.07, 6.45) is 1.69. The number of carbonyl (C=O) groups excluding carboxylic acids is 1. The summed E-state index contributed by atoms with van der Waals surface area (Å²) >= 11 is 0. The van der Waals surface area contributed by atoms with Crippen molar-refractivity contribution in [1.29, 1.82) is 0 Å². The number of hydrogen-bond acceptors (Lipinski definition) is 3. The van der Waals surface area contributed by atoms with E-state index in [1.807, 2.05) is 13.8 Å². The Morgan fingerprint density at radius 1 is 1.44 bits per heavy atom. The standard InChI is InChI=1S/C12H26N2O2/c1-5-7-13-11(16)10(2)14-9-12(3,4)6-8-15/h10,14-15H,5-9H2,1-4H3,(H,13,16). The molecule has 0 aliphatic carbocycles. The van der Waals surface area contributed by atoms with E-state index < -0.39 is 0 Å². The lowest BCUT2D eigenvalue weighted by atomic mass is 9.89. The van der Waals surface area contributed by atoms with E-state index in [0.717, 1.165) is 25.9 Å². The molecule has 0 heterocycles. The lowest BCUT2D eigenvalue weighted by molar-refractivity contribution is -0.122. The van der Waals surface area contributed by atoms with Crippen LogP contribution in [0.3, 0.4) is 0 Å². The van der Waals surface area contributed by atoms with Crippen LogP contribution in [0, 0.1) is 5.41 Å². The van der Waals surface area contributed by atoms with E-state index in [1.54, 1.807) is 0 Å². The number of amides is 1. The maximum atomic E-state index is 11.6. The number of rotatable bonds is 8. The van der Waals surface area contributed by atoms with Gasteiger partial charge in [0, 0.05) is 19.7 Å². The van der Waals surface area contributed by atoms with Crippen LogP contribution in [0.15, 0.2) is 0 Å². The van der Waals surface area contributed by atoms with Crippen LogP contribution in [0.4, 0.5) is 0 Å². The zero-order valence-electron chi connectivity index (χ0n) is 11.0. The van der Waals surface area contributed by atoms with Crippen LogP contribution in [0.2, 0.25) is 0 Å². The first-order valence-corrected chi connectivity index (χ1v) is 6.05. The van der Waals surface area contributed by atoms with Gasteiger partial charge >= 0.3 is 0 Å². The van der Waals surface area contributed by atoms with Crippen molar-refractivity contribution in [2.24, 2.45) is 5.41 Å². The third-order valence-corrected chi connectivity index (χ3v) is 2.62. The minimum Gasteiger partial charge on any atom is -0.396 e. The second kappa shape index (κ2) is 7.63. The Morgan fingerprint density at radius 3 is 2.56 bits per heavy atom. The molecule has 0 saturated carbocycles. The van der Waals surface area contributed by atoms with E-state index >= 15 is 0 Å². The highest BCUT2D eigenvalue weighted by atomic mass is 16.3. The summed E-state index contributed by atoms with van der Waals surface area (Å²) < 4.78 is 0. The zero-order valence-corrected chi connectivity index (χ0v) is 11.0. The largest absolute Gasteiger partial charge is 0.396 e. The molecule has 3 N–H and O–H groups in total. The number of aliphatic hydroxyl groups is 1. The van der Waals surface area contributed by atoms with E-state index in [4.69, 9.17) is 5.11 Å². The topological polar surface area (TPSA) is 61.4 Å². The number of carbonyl (C=O) groups is 1. The van der Waals surface area contributed by atoms with Crippen molar-refractivity contribution in [3.63, 3.8) is 0 Å². The minimum atomic E-state index is -0.176. The highest BCUT2D eigenvalue weighted by molar-refractivity contribution is 5.81. The molecule has 96 valence electrons. The normalized spacial score (nSPS) is 13.6. The van der Waals surface area contributed by atoms with Gasteiger partial charge in [-0.15, -0.1) is 0 Å². The number of nitrogens with one attached hydrogen (secondary N) is 2. The lowest BCUT2D eigenvalue weighted by Gasteiger charge is -2.26. The van der Waals surface area contributed by atoms with E-state index in [9.17, 15) is 4.79 Å². The van der Waals surface area contributed by atoms with Crippen molar-refractivity contribution in [1.82, 2.24) is 10.6 Å². The van der Waals surface area contributed by atoms with Crippen molar-refractivity contribution < 1.29 is 9.90 Å². The van der Waals surface area contributed by atoms with E-state index in [-0.39, 0.29) is 24.0 Å². The van der Waals surface area contributed by atoms with Gasteiger partial charge in [0.15, 0.2) is 0 Å². The predicted molar refractivity (Wildman–Crippen MR) is 66.2 cm³/mol. The molecule has 1 atom stereocenters. The van der Waals surface area contributed by atoms with Crippen LogP contribution in [0.1, 0.15) is 40.5 Å². The van der Waals surface area contributed by atoms with Crippen molar-refractivity contribution >= 4 is 5.91 Å². The fourth-order valence-corrected chi connectivity index (χ4v) is 1.31. The molecule has 16 heavy (non-hydrogen) atoms. The quantitative estimate of drug-likeness (QED) is 0.580. The van der Waals surface area contributed by atoms with Crippen LogP contribution in [0.25, 0.3) is 0 Å². The fourth-order valence-electron chi connectivity index (χ4n) is 1.31. The summed E-state index contributed by atoms with van der Waals surface area (Å²) in [6, 6.07) is -0.176. The molecule has 0 aromatic heterocycles.